The van der Waals surface area contributed by atoms with Gasteiger partial charge in [-0.1, -0.05) is 22.9 Å². The molecule has 0 N–H and O–H groups in total. The first kappa shape index (κ1) is 18.0. The minimum absolute atomic E-state index is 0.0472. The first-order valence-corrected chi connectivity index (χ1v) is 9.95. The minimum Gasteiger partial charge on any atom is -0.298 e. The molecule has 0 aliphatic heterocycles. The summed E-state index contributed by atoms with van der Waals surface area (Å²) in [5.74, 6) is -2.97. The van der Waals surface area contributed by atoms with Gasteiger partial charge in [-0.2, -0.15) is 0 Å². The summed E-state index contributed by atoms with van der Waals surface area (Å²) in [6.45, 7) is 1.53. The average Bonchev–Trinajstić information content (AvgIpc) is 2.46. The number of sulfone groups is 1. The van der Waals surface area contributed by atoms with Crippen LogP contribution in [0.4, 0.5) is 0 Å². The summed E-state index contributed by atoms with van der Waals surface area (Å²) in [5.41, 5.74) is 0.455. The molecule has 1 aromatic carbocycles. The van der Waals surface area contributed by atoms with Crippen molar-refractivity contribution >= 4 is 43.1 Å². The number of hydrogen-bond donors (Lipinski definition) is 0. The molecule has 124 valence electrons. The predicted molar refractivity (Wildman–Crippen MR) is 89.0 cm³/mol. The van der Waals surface area contributed by atoms with Gasteiger partial charge < -0.3 is 0 Å². The molecule has 0 amide bonds. The molecule has 7 heteroatoms. The van der Waals surface area contributed by atoms with E-state index in [1.54, 1.807) is 12.1 Å². The van der Waals surface area contributed by atoms with Gasteiger partial charge in [-0.15, -0.1) is 0 Å². The second kappa shape index (κ2) is 7.05. The molecule has 23 heavy (non-hydrogen) atoms. The van der Waals surface area contributed by atoms with Crippen molar-refractivity contribution in [3.05, 3.63) is 33.8 Å². The third-order valence-electron chi connectivity index (χ3n) is 3.90. The molecule has 1 aliphatic rings. The van der Waals surface area contributed by atoms with E-state index in [1.807, 2.05) is 0 Å². The van der Waals surface area contributed by atoms with Gasteiger partial charge in [-0.05, 0) is 30.2 Å². The number of rotatable bonds is 5. The number of carbonyl (C=O) groups excluding carboxylic acids is 3. The maximum atomic E-state index is 12.7. The van der Waals surface area contributed by atoms with E-state index in [-0.39, 0.29) is 41.5 Å². The van der Waals surface area contributed by atoms with Crippen molar-refractivity contribution in [2.45, 2.75) is 31.9 Å². The van der Waals surface area contributed by atoms with E-state index in [0.717, 1.165) is 0 Å². The lowest BCUT2D eigenvalue weighted by atomic mass is 9.81. The summed E-state index contributed by atoms with van der Waals surface area (Å²) in [6.07, 6.45) is 0.890. The van der Waals surface area contributed by atoms with Gasteiger partial charge in [-0.3, -0.25) is 14.4 Å². The maximum absolute atomic E-state index is 12.7. The van der Waals surface area contributed by atoms with Crippen LogP contribution in [0.25, 0.3) is 0 Å². The third kappa shape index (κ3) is 4.14. The van der Waals surface area contributed by atoms with Gasteiger partial charge >= 0.3 is 0 Å². The molecule has 0 saturated heterocycles. The molecule has 0 aromatic heterocycles. The van der Waals surface area contributed by atoms with E-state index in [9.17, 15) is 22.8 Å². The Morgan fingerprint density at radius 1 is 1.22 bits per heavy atom. The summed E-state index contributed by atoms with van der Waals surface area (Å²) >= 11 is 3.25. The maximum Gasteiger partial charge on any atom is 0.181 e. The summed E-state index contributed by atoms with van der Waals surface area (Å²) in [7, 11) is -3.35. The summed E-state index contributed by atoms with van der Waals surface area (Å²) in [4.78, 5) is 36.6. The van der Waals surface area contributed by atoms with Crippen LogP contribution in [0.15, 0.2) is 22.7 Å². The average molecular weight is 401 g/mol. The van der Waals surface area contributed by atoms with E-state index >= 15 is 0 Å². The second-order valence-electron chi connectivity index (χ2n) is 5.56. The first-order valence-electron chi connectivity index (χ1n) is 7.33. The highest BCUT2D eigenvalue weighted by Gasteiger charge is 2.37. The molecule has 1 aromatic rings. The van der Waals surface area contributed by atoms with E-state index in [1.165, 1.54) is 13.0 Å². The molecular weight excluding hydrogens is 384 g/mol. The summed E-state index contributed by atoms with van der Waals surface area (Å²) < 4.78 is 24.4. The number of benzene rings is 1. The van der Waals surface area contributed by atoms with Crippen molar-refractivity contribution in [3.63, 3.8) is 0 Å². The van der Waals surface area contributed by atoms with Crippen LogP contribution in [0.1, 0.15) is 42.1 Å². The van der Waals surface area contributed by atoms with Gasteiger partial charge in [0.15, 0.2) is 27.2 Å². The molecule has 5 nitrogen and oxygen atoms in total. The lowest BCUT2D eigenvalue weighted by molar-refractivity contribution is -0.133. The third-order valence-corrected chi connectivity index (χ3v) is 6.02. The topological polar surface area (TPSA) is 85.3 Å². The Hall–Kier alpha value is -1.34. The van der Waals surface area contributed by atoms with Gasteiger partial charge in [0, 0.05) is 28.6 Å². The fraction of sp³-hybridized carbons (Fsp3) is 0.438. The summed E-state index contributed by atoms with van der Waals surface area (Å²) in [5, 5.41) is 0. The quantitative estimate of drug-likeness (QED) is 0.559. The number of Topliss-reactive ketones (excluding diaryl/α,β-unsaturated/α-hetero) is 3. The van der Waals surface area contributed by atoms with Crippen LogP contribution < -0.4 is 0 Å². The Morgan fingerprint density at radius 2 is 1.83 bits per heavy atom. The van der Waals surface area contributed by atoms with Gasteiger partial charge in [0.2, 0.25) is 0 Å². The van der Waals surface area contributed by atoms with Gasteiger partial charge in [-0.25, -0.2) is 8.42 Å². The van der Waals surface area contributed by atoms with Crippen LogP contribution in [0, 0.1) is 5.92 Å². The van der Waals surface area contributed by atoms with Crippen molar-refractivity contribution in [3.8, 4) is 0 Å². The molecule has 0 spiro atoms. The highest BCUT2D eigenvalue weighted by molar-refractivity contribution is 9.10. The Labute approximate surface area is 143 Å². The van der Waals surface area contributed by atoms with Crippen LogP contribution in [-0.2, 0) is 25.2 Å². The van der Waals surface area contributed by atoms with Crippen molar-refractivity contribution in [2.75, 3.05) is 5.75 Å². The van der Waals surface area contributed by atoms with Crippen LogP contribution in [-0.4, -0.2) is 31.5 Å². The van der Waals surface area contributed by atoms with Crippen molar-refractivity contribution < 1.29 is 22.8 Å². The van der Waals surface area contributed by atoms with Gasteiger partial charge in [0.05, 0.1) is 5.75 Å². The molecule has 0 heterocycles. The highest BCUT2D eigenvalue weighted by atomic mass is 79.9. The first-order chi connectivity index (χ1) is 10.7. The Morgan fingerprint density at radius 3 is 2.39 bits per heavy atom. The van der Waals surface area contributed by atoms with Crippen LogP contribution >= 0.6 is 15.9 Å². The molecule has 0 radical (unpaired) electrons. The van der Waals surface area contributed by atoms with E-state index in [0.29, 0.717) is 16.5 Å². The molecule has 0 atom stereocenters. The van der Waals surface area contributed by atoms with Crippen LogP contribution in [0.5, 0.6) is 0 Å². The van der Waals surface area contributed by atoms with Crippen molar-refractivity contribution in [1.82, 2.24) is 0 Å². The zero-order valence-corrected chi connectivity index (χ0v) is 15.1. The van der Waals surface area contributed by atoms with E-state index in [2.05, 4.69) is 15.9 Å². The van der Waals surface area contributed by atoms with Crippen LogP contribution in [0.3, 0.4) is 0 Å². The number of carbonyl (C=O) groups is 3. The monoisotopic (exact) mass is 400 g/mol. The van der Waals surface area contributed by atoms with Crippen molar-refractivity contribution in [1.29, 1.82) is 0 Å². The number of hydrogen-bond acceptors (Lipinski definition) is 5. The number of ketones is 3. The number of halogens is 1. The standard InChI is InChI=1S/C16H17BrO5S/c1-2-23(21,22)9-10-8-11(17)6-7-12(10)16(20)15-13(18)4-3-5-14(15)19/h6-8,15H,2-5,9H2,1H3. The smallest absolute Gasteiger partial charge is 0.181 e. The predicted octanol–water partition coefficient (Wildman–Crippen LogP) is 2.50. The van der Waals surface area contributed by atoms with Crippen LogP contribution in [0.2, 0.25) is 0 Å². The zero-order chi connectivity index (χ0) is 17.2. The lowest BCUT2D eigenvalue weighted by Crippen LogP contribution is -2.35. The molecule has 0 unspecified atom stereocenters. The van der Waals surface area contributed by atoms with Gasteiger partial charge in [0.1, 0.15) is 5.92 Å². The molecule has 1 aliphatic carbocycles. The highest BCUT2D eigenvalue weighted by Crippen LogP contribution is 2.26. The summed E-state index contributed by atoms with van der Waals surface area (Å²) in [6, 6.07) is 4.63. The molecule has 1 saturated carbocycles. The molecule has 0 bridgehead atoms. The minimum atomic E-state index is -3.35. The second-order valence-corrected chi connectivity index (χ2v) is 8.83. The Kier molecular flexibility index (Phi) is 5.52. The van der Waals surface area contributed by atoms with Crippen molar-refractivity contribution in [2.24, 2.45) is 5.92 Å². The zero-order valence-electron chi connectivity index (χ0n) is 12.7. The van der Waals surface area contributed by atoms with Gasteiger partial charge in [0.25, 0.3) is 0 Å². The lowest BCUT2D eigenvalue weighted by Gasteiger charge is -2.19. The molecular formula is C16H17BrO5S. The largest absolute Gasteiger partial charge is 0.298 e. The molecule has 2 rings (SSSR count). The fourth-order valence-electron chi connectivity index (χ4n) is 2.61. The molecule has 1 fully saturated rings. The van der Waals surface area contributed by atoms with E-state index in [4.69, 9.17) is 0 Å². The fourth-order valence-corrected chi connectivity index (χ4v) is 3.94. The van der Waals surface area contributed by atoms with E-state index < -0.39 is 21.5 Å². The Bertz CT molecular complexity index is 751. The normalized spacial score (nSPS) is 16.6. The SMILES string of the molecule is CCS(=O)(=O)Cc1cc(Br)ccc1C(=O)C1C(=O)CCCC1=O. The Balaban J connectivity index is 2.44.